The second kappa shape index (κ2) is 6.17. The molecule has 0 spiro atoms. The van der Waals surface area contributed by atoms with E-state index >= 15 is 0 Å². The Labute approximate surface area is 122 Å². The van der Waals surface area contributed by atoms with Gasteiger partial charge in [0.1, 0.15) is 18.1 Å². The van der Waals surface area contributed by atoms with Crippen molar-refractivity contribution in [1.82, 2.24) is 0 Å². The number of ether oxygens (including phenoxy) is 2. The number of carbonyl (C=O) groups is 1. The number of nitrogens with two attached hydrogens (primary N) is 1. The predicted octanol–water partition coefficient (Wildman–Crippen LogP) is 2.86. The van der Waals surface area contributed by atoms with Crippen molar-refractivity contribution in [2.45, 2.75) is 13.5 Å². The van der Waals surface area contributed by atoms with Crippen LogP contribution in [0, 0.1) is 6.92 Å². The highest BCUT2D eigenvalue weighted by molar-refractivity contribution is 5.95. The maximum atomic E-state index is 11.1. The standard InChI is InChI=1S/C16H17NO4/c1-10-6-13(8-14(15(10)17)16(18)19)21-9-11-4-3-5-12(7-11)20-2/h3-8H,9,17H2,1-2H3,(H,18,19). The SMILES string of the molecule is COc1cccc(COc2cc(C)c(N)c(C(=O)O)c2)c1. The van der Waals surface area contributed by atoms with Crippen molar-refractivity contribution in [3.8, 4) is 11.5 Å². The number of rotatable bonds is 5. The number of aryl methyl sites for hydroxylation is 1. The molecule has 0 aromatic heterocycles. The fourth-order valence-corrected chi connectivity index (χ4v) is 1.95. The summed E-state index contributed by atoms with van der Waals surface area (Å²) in [6, 6.07) is 10.6. The third-order valence-electron chi connectivity index (χ3n) is 3.13. The summed E-state index contributed by atoms with van der Waals surface area (Å²) in [4.78, 5) is 11.1. The Balaban J connectivity index is 2.18. The quantitative estimate of drug-likeness (QED) is 0.826. The van der Waals surface area contributed by atoms with E-state index in [0.717, 1.165) is 11.3 Å². The largest absolute Gasteiger partial charge is 0.497 e. The Morgan fingerprint density at radius 2 is 2.00 bits per heavy atom. The Hall–Kier alpha value is -2.69. The van der Waals surface area contributed by atoms with Crippen LogP contribution >= 0.6 is 0 Å². The van der Waals surface area contributed by atoms with Crippen molar-refractivity contribution in [2.24, 2.45) is 0 Å². The lowest BCUT2D eigenvalue weighted by Gasteiger charge is -2.11. The molecule has 110 valence electrons. The lowest BCUT2D eigenvalue weighted by Crippen LogP contribution is -2.05. The molecule has 3 N–H and O–H groups in total. The third-order valence-corrected chi connectivity index (χ3v) is 3.13. The molecule has 0 aliphatic heterocycles. The summed E-state index contributed by atoms with van der Waals surface area (Å²) in [5.74, 6) is 0.153. The minimum Gasteiger partial charge on any atom is -0.497 e. The molecule has 0 unspecified atom stereocenters. The second-order valence-corrected chi connectivity index (χ2v) is 4.65. The molecule has 0 radical (unpaired) electrons. The van der Waals surface area contributed by atoms with Gasteiger partial charge in [0.2, 0.25) is 0 Å². The van der Waals surface area contributed by atoms with Gasteiger partial charge in [-0.3, -0.25) is 0 Å². The second-order valence-electron chi connectivity index (χ2n) is 4.65. The van der Waals surface area contributed by atoms with Gasteiger partial charge in [-0.15, -0.1) is 0 Å². The monoisotopic (exact) mass is 287 g/mol. The average Bonchev–Trinajstić information content (AvgIpc) is 2.48. The Bertz CT molecular complexity index is 667. The molecule has 0 aliphatic rings. The van der Waals surface area contributed by atoms with Crippen LogP contribution in [0.3, 0.4) is 0 Å². The van der Waals surface area contributed by atoms with E-state index in [9.17, 15) is 4.79 Å². The Kier molecular flexibility index (Phi) is 4.33. The van der Waals surface area contributed by atoms with Crippen LogP contribution in [0.1, 0.15) is 21.5 Å². The van der Waals surface area contributed by atoms with Gasteiger partial charge < -0.3 is 20.3 Å². The minimum absolute atomic E-state index is 0.0515. The van der Waals surface area contributed by atoms with Gasteiger partial charge in [0, 0.05) is 5.69 Å². The van der Waals surface area contributed by atoms with E-state index in [-0.39, 0.29) is 11.3 Å². The molecule has 0 amide bonds. The van der Waals surface area contributed by atoms with Gasteiger partial charge in [-0.1, -0.05) is 12.1 Å². The molecule has 0 saturated heterocycles. The van der Waals surface area contributed by atoms with Crippen LogP contribution in [0.15, 0.2) is 36.4 Å². The normalized spacial score (nSPS) is 10.2. The van der Waals surface area contributed by atoms with Crippen molar-refractivity contribution in [1.29, 1.82) is 0 Å². The highest BCUT2D eigenvalue weighted by Crippen LogP contribution is 2.25. The number of aromatic carboxylic acids is 1. The number of anilines is 1. The van der Waals surface area contributed by atoms with Crippen LogP contribution in [0.2, 0.25) is 0 Å². The Morgan fingerprint density at radius 3 is 2.67 bits per heavy atom. The van der Waals surface area contributed by atoms with Crippen molar-refractivity contribution in [3.63, 3.8) is 0 Å². The molecule has 2 aromatic carbocycles. The third kappa shape index (κ3) is 3.45. The fourth-order valence-electron chi connectivity index (χ4n) is 1.95. The van der Waals surface area contributed by atoms with Crippen molar-refractivity contribution >= 4 is 11.7 Å². The first-order valence-electron chi connectivity index (χ1n) is 6.40. The van der Waals surface area contributed by atoms with Crippen LogP contribution in [-0.4, -0.2) is 18.2 Å². The molecule has 0 saturated carbocycles. The van der Waals surface area contributed by atoms with E-state index in [1.165, 1.54) is 6.07 Å². The van der Waals surface area contributed by atoms with E-state index in [1.807, 2.05) is 24.3 Å². The molecule has 0 fully saturated rings. The molecule has 0 heterocycles. The molecule has 21 heavy (non-hydrogen) atoms. The van der Waals surface area contributed by atoms with Crippen LogP contribution in [0.5, 0.6) is 11.5 Å². The summed E-state index contributed by atoms with van der Waals surface area (Å²) in [7, 11) is 1.60. The van der Waals surface area contributed by atoms with Crippen LogP contribution < -0.4 is 15.2 Å². The lowest BCUT2D eigenvalue weighted by atomic mass is 10.1. The van der Waals surface area contributed by atoms with E-state index < -0.39 is 5.97 Å². The number of benzene rings is 2. The van der Waals surface area contributed by atoms with E-state index in [1.54, 1.807) is 20.1 Å². The van der Waals surface area contributed by atoms with Crippen LogP contribution in [-0.2, 0) is 6.61 Å². The number of carboxylic acids is 1. The summed E-state index contributed by atoms with van der Waals surface area (Å²) >= 11 is 0. The van der Waals surface area contributed by atoms with Crippen molar-refractivity contribution in [2.75, 3.05) is 12.8 Å². The molecule has 0 aliphatic carbocycles. The summed E-state index contributed by atoms with van der Waals surface area (Å²) in [5.41, 5.74) is 7.66. The predicted molar refractivity (Wildman–Crippen MR) is 79.9 cm³/mol. The molecule has 0 atom stereocenters. The summed E-state index contributed by atoms with van der Waals surface area (Å²) in [6.07, 6.45) is 0. The molecule has 5 nitrogen and oxygen atoms in total. The van der Waals surface area contributed by atoms with Crippen molar-refractivity contribution < 1.29 is 19.4 Å². The van der Waals surface area contributed by atoms with Gasteiger partial charge >= 0.3 is 5.97 Å². The van der Waals surface area contributed by atoms with Gasteiger partial charge in [0.25, 0.3) is 0 Å². The summed E-state index contributed by atoms with van der Waals surface area (Å²) in [5, 5.41) is 9.12. The average molecular weight is 287 g/mol. The van der Waals surface area contributed by atoms with Gasteiger partial charge in [-0.25, -0.2) is 4.79 Å². The number of carboxylic acid groups (broad SMARTS) is 1. The lowest BCUT2D eigenvalue weighted by molar-refractivity contribution is 0.0697. The first kappa shape index (κ1) is 14.7. The Morgan fingerprint density at radius 1 is 1.24 bits per heavy atom. The smallest absolute Gasteiger partial charge is 0.337 e. The fraction of sp³-hybridized carbons (Fsp3) is 0.188. The van der Waals surface area contributed by atoms with Crippen molar-refractivity contribution in [3.05, 3.63) is 53.1 Å². The van der Waals surface area contributed by atoms with Crippen LogP contribution in [0.25, 0.3) is 0 Å². The number of hydrogen-bond acceptors (Lipinski definition) is 4. The minimum atomic E-state index is -1.07. The topological polar surface area (TPSA) is 81.8 Å². The van der Waals surface area contributed by atoms with E-state index in [4.69, 9.17) is 20.3 Å². The molecule has 2 aromatic rings. The maximum Gasteiger partial charge on any atom is 0.337 e. The van der Waals surface area contributed by atoms with Gasteiger partial charge in [0.05, 0.1) is 12.7 Å². The first-order chi connectivity index (χ1) is 10.0. The highest BCUT2D eigenvalue weighted by atomic mass is 16.5. The van der Waals surface area contributed by atoms with Crippen LogP contribution in [0.4, 0.5) is 5.69 Å². The molecule has 5 heteroatoms. The summed E-state index contributed by atoms with van der Waals surface area (Å²) < 4.78 is 10.8. The molecule has 2 rings (SSSR count). The molecule has 0 bridgehead atoms. The maximum absolute atomic E-state index is 11.1. The molecular weight excluding hydrogens is 270 g/mol. The van der Waals surface area contributed by atoms with Gasteiger partial charge in [-0.05, 0) is 42.3 Å². The van der Waals surface area contributed by atoms with Gasteiger partial charge in [-0.2, -0.15) is 0 Å². The zero-order chi connectivity index (χ0) is 15.4. The zero-order valence-corrected chi connectivity index (χ0v) is 11.9. The number of nitrogen functional groups attached to an aromatic ring is 1. The first-order valence-corrected chi connectivity index (χ1v) is 6.40. The van der Waals surface area contributed by atoms with Gasteiger partial charge in [0.15, 0.2) is 0 Å². The number of methoxy groups -OCH3 is 1. The highest BCUT2D eigenvalue weighted by Gasteiger charge is 2.12. The molecular formula is C16H17NO4. The van der Waals surface area contributed by atoms with E-state index in [0.29, 0.717) is 17.9 Å². The number of hydrogen-bond donors (Lipinski definition) is 2. The zero-order valence-electron chi connectivity index (χ0n) is 11.9. The summed E-state index contributed by atoms with van der Waals surface area (Å²) in [6.45, 7) is 2.07. The van der Waals surface area contributed by atoms with E-state index in [2.05, 4.69) is 0 Å².